The van der Waals surface area contributed by atoms with Crippen LogP contribution in [0.5, 0.6) is 0 Å². The molecule has 174 valence electrons. The summed E-state index contributed by atoms with van der Waals surface area (Å²) in [5.74, 6) is -0.289. The maximum absolute atomic E-state index is 12.3. The van der Waals surface area contributed by atoms with Crippen molar-refractivity contribution in [1.29, 1.82) is 0 Å². The van der Waals surface area contributed by atoms with Crippen molar-refractivity contribution >= 4 is 11.6 Å². The number of rotatable bonds is 9. The lowest BCUT2D eigenvalue weighted by molar-refractivity contribution is -0.120. The highest BCUT2D eigenvalue weighted by Crippen LogP contribution is 2.25. The Balaban J connectivity index is 1.28. The molecule has 9 nitrogen and oxygen atoms in total. The average Bonchev–Trinajstić information content (AvgIpc) is 3.34. The number of aliphatic hydroxyl groups excluding tert-OH is 2. The molecule has 1 saturated heterocycles. The molecular weight excluding hydrogens is 422 g/mol. The quantitative estimate of drug-likeness (QED) is 0.451. The summed E-state index contributed by atoms with van der Waals surface area (Å²) in [6.07, 6.45) is -2.01. The van der Waals surface area contributed by atoms with Crippen molar-refractivity contribution in [2.24, 2.45) is 0 Å². The van der Waals surface area contributed by atoms with Crippen LogP contribution in [-0.2, 0) is 29.2 Å². The Bertz CT molecular complexity index is 1030. The van der Waals surface area contributed by atoms with Crippen LogP contribution in [-0.4, -0.2) is 67.5 Å². The normalized spacial score (nSPS) is 22.5. The van der Waals surface area contributed by atoms with Crippen LogP contribution in [0.1, 0.15) is 17.7 Å². The van der Waals surface area contributed by atoms with E-state index in [2.05, 4.69) is 32.7 Å². The largest absolute Gasteiger partial charge is 0.388 e. The minimum atomic E-state index is -1.16. The third kappa shape index (κ3) is 6.23. The molecule has 1 aliphatic heterocycles. The van der Waals surface area contributed by atoms with Gasteiger partial charge in [-0.2, -0.15) is 0 Å². The van der Waals surface area contributed by atoms with Crippen molar-refractivity contribution in [3.63, 3.8) is 0 Å². The van der Waals surface area contributed by atoms with E-state index in [0.717, 1.165) is 12.2 Å². The van der Waals surface area contributed by atoms with E-state index in [1.807, 2.05) is 43.4 Å². The van der Waals surface area contributed by atoms with Gasteiger partial charge >= 0.3 is 0 Å². The molecule has 1 amide bonds. The molecule has 2 aromatic carbocycles. The lowest BCUT2D eigenvalue weighted by atomic mass is 10.1. The predicted molar refractivity (Wildman–Crippen MR) is 122 cm³/mol. The summed E-state index contributed by atoms with van der Waals surface area (Å²) in [7, 11) is 2.01. The van der Waals surface area contributed by atoms with E-state index in [0.29, 0.717) is 12.2 Å². The number of carbonyl (C=O) groups excluding carboxylic acids is 1. The Labute approximate surface area is 192 Å². The van der Waals surface area contributed by atoms with E-state index in [1.54, 1.807) is 23.0 Å². The van der Waals surface area contributed by atoms with Crippen LogP contribution in [0, 0.1) is 0 Å². The fraction of sp³-hybridized carbons (Fsp3) is 0.375. The number of aliphatic hydroxyl groups is 2. The Kier molecular flexibility index (Phi) is 7.46. The monoisotopic (exact) mass is 451 g/mol. The highest BCUT2D eigenvalue weighted by atomic mass is 16.5. The minimum Gasteiger partial charge on any atom is -0.388 e. The minimum absolute atomic E-state index is 0.0590. The van der Waals surface area contributed by atoms with Gasteiger partial charge in [-0.3, -0.25) is 9.69 Å². The van der Waals surface area contributed by atoms with Crippen LogP contribution in [0.25, 0.3) is 0 Å². The zero-order valence-corrected chi connectivity index (χ0v) is 18.5. The Morgan fingerprint density at radius 3 is 2.42 bits per heavy atom. The molecule has 4 atom stereocenters. The Morgan fingerprint density at radius 1 is 1.03 bits per heavy atom. The Morgan fingerprint density at radius 2 is 1.70 bits per heavy atom. The number of carbonyl (C=O) groups is 1. The van der Waals surface area contributed by atoms with E-state index in [1.165, 1.54) is 5.56 Å². The number of hydrogen-bond donors (Lipinski definition) is 3. The van der Waals surface area contributed by atoms with Gasteiger partial charge < -0.3 is 20.3 Å². The molecule has 0 unspecified atom stereocenters. The molecule has 1 fully saturated rings. The molecule has 3 aromatic rings. The van der Waals surface area contributed by atoms with Gasteiger partial charge in [0.2, 0.25) is 5.91 Å². The van der Waals surface area contributed by atoms with Gasteiger partial charge in [0, 0.05) is 25.0 Å². The molecule has 0 saturated carbocycles. The molecule has 4 rings (SSSR count). The van der Waals surface area contributed by atoms with Gasteiger partial charge in [0.25, 0.3) is 0 Å². The van der Waals surface area contributed by atoms with Gasteiger partial charge in [-0.05, 0) is 24.7 Å². The van der Waals surface area contributed by atoms with Crippen molar-refractivity contribution < 1.29 is 19.7 Å². The SMILES string of the molecule is CN(Cc1ccccc1)Cc1cn(C[C@@H]2O[C@@H](CC(=O)Nc3ccccc3)[C@H](O)[C@@H]2O)nn1. The van der Waals surface area contributed by atoms with Crippen LogP contribution >= 0.6 is 0 Å². The zero-order chi connectivity index (χ0) is 23.2. The predicted octanol–water partition coefficient (Wildman–Crippen LogP) is 1.43. The number of nitrogens with one attached hydrogen (secondary N) is 1. The van der Waals surface area contributed by atoms with Crippen molar-refractivity contribution in [2.75, 3.05) is 12.4 Å². The first-order chi connectivity index (χ1) is 16.0. The first-order valence-corrected chi connectivity index (χ1v) is 11.0. The van der Waals surface area contributed by atoms with Crippen LogP contribution in [0.2, 0.25) is 0 Å². The third-order valence-electron chi connectivity index (χ3n) is 5.59. The number of ether oxygens (including phenoxy) is 1. The van der Waals surface area contributed by atoms with E-state index >= 15 is 0 Å². The van der Waals surface area contributed by atoms with E-state index < -0.39 is 24.4 Å². The second-order valence-electron chi connectivity index (χ2n) is 8.40. The summed E-state index contributed by atoms with van der Waals surface area (Å²) < 4.78 is 7.40. The van der Waals surface area contributed by atoms with Gasteiger partial charge in [-0.25, -0.2) is 4.68 Å². The van der Waals surface area contributed by atoms with E-state index in [-0.39, 0.29) is 18.9 Å². The number of hydrogen-bond acceptors (Lipinski definition) is 7. The standard InChI is InChI=1S/C24H29N5O4/c1-28(13-17-8-4-2-5-9-17)14-19-15-29(27-26-19)16-21-24(32)23(31)20(33-21)12-22(30)25-18-10-6-3-7-11-18/h2-11,15,20-21,23-24,31-32H,12-14,16H2,1H3,(H,25,30)/t20-,21-,23-,24+/m0/s1. The maximum Gasteiger partial charge on any atom is 0.227 e. The molecule has 1 aromatic heterocycles. The molecular formula is C24H29N5O4. The molecule has 0 aliphatic carbocycles. The van der Waals surface area contributed by atoms with Gasteiger partial charge in [-0.1, -0.05) is 53.7 Å². The second-order valence-corrected chi connectivity index (χ2v) is 8.40. The summed E-state index contributed by atoms with van der Waals surface area (Å²) in [6.45, 7) is 1.63. The van der Waals surface area contributed by atoms with Crippen molar-refractivity contribution in [3.8, 4) is 0 Å². The van der Waals surface area contributed by atoms with Gasteiger partial charge in [-0.15, -0.1) is 5.10 Å². The number of para-hydroxylation sites is 1. The number of amides is 1. The van der Waals surface area contributed by atoms with Crippen LogP contribution in [0.3, 0.4) is 0 Å². The number of benzene rings is 2. The molecule has 2 heterocycles. The molecule has 9 heteroatoms. The van der Waals surface area contributed by atoms with Crippen LogP contribution < -0.4 is 5.32 Å². The molecule has 0 radical (unpaired) electrons. The lowest BCUT2D eigenvalue weighted by Gasteiger charge is -2.15. The van der Waals surface area contributed by atoms with E-state index in [4.69, 9.17) is 4.74 Å². The maximum atomic E-state index is 12.3. The smallest absolute Gasteiger partial charge is 0.227 e. The summed E-state index contributed by atoms with van der Waals surface area (Å²) >= 11 is 0. The highest BCUT2D eigenvalue weighted by molar-refractivity contribution is 5.91. The Hall–Kier alpha value is -3.11. The zero-order valence-electron chi connectivity index (χ0n) is 18.5. The van der Waals surface area contributed by atoms with Gasteiger partial charge in [0.1, 0.15) is 18.3 Å². The average molecular weight is 452 g/mol. The molecule has 0 spiro atoms. The summed E-state index contributed by atoms with van der Waals surface area (Å²) in [4.78, 5) is 14.4. The van der Waals surface area contributed by atoms with Gasteiger partial charge in [0.15, 0.2) is 0 Å². The first kappa shape index (κ1) is 23.1. The molecule has 3 N–H and O–H groups in total. The summed E-state index contributed by atoms with van der Waals surface area (Å²) in [5.41, 5.74) is 2.67. The summed E-state index contributed by atoms with van der Waals surface area (Å²) in [5, 5.41) is 31.9. The third-order valence-corrected chi connectivity index (χ3v) is 5.59. The lowest BCUT2D eigenvalue weighted by Crippen LogP contribution is -2.35. The first-order valence-electron chi connectivity index (χ1n) is 11.0. The fourth-order valence-corrected chi connectivity index (χ4v) is 3.97. The molecule has 1 aliphatic rings. The second kappa shape index (κ2) is 10.7. The fourth-order valence-electron chi connectivity index (χ4n) is 3.97. The van der Waals surface area contributed by atoms with Crippen LogP contribution in [0.15, 0.2) is 66.9 Å². The number of anilines is 1. The topological polar surface area (TPSA) is 113 Å². The molecule has 33 heavy (non-hydrogen) atoms. The molecule has 0 bridgehead atoms. The van der Waals surface area contributed by atoms with Crippen molar-refractivity contribution in [2.45, 2.75) is 50.5 Å². The highest BCUT2D eigenvalue weighted by Gasteiger charge is 2.43. The number of aromatic nitrogens is 3. The van der Waals surface area contributed by atoms with E-state index in [9.17, 15) is 15.0 Å². The summed E-state index contributed by atoms with van der Waals surface area (Å²) in [6, 6.07) is 19.2. The van der Waals surface area contributed by atoms with Gasteiger partial charge in [0.05, 0.1) is 24.8 Å². The van der Waals surface area contributed by atoms with Crippen molar-refractivity contribution in [3.05, 3.63) is 78.1 Å². The van der Waals surface area contributed by atoms with Crippen LogP contribution in [0.4, 0.5) is 5.69 Å². The number of nitrogens with zero attached hydrogens (tertiary/aromatic N) is 4. The van der Waals surface area contributed by atoms with Crippen molar-refractivity contribution in [1.82, 2.24) is 19.9 Å².